The molecule has 5 heteroatoms. The van der Waals surface area contributed by atoms with Crippen molar-refractivity contribution in [2.45, 2.75) is 37.6 Å². The van der Waals surface area contributed by atoms with Crippen LogP contribution in [0.2, 0.25) is 0 Å². The summed E-state index contributed by atoms with van der Waals surface area (Å²) in [5.41, 5.74) is 1.76. The smallest absolute Gasteiger partial charge is 0.243 e. The van der Waals surface area contributed by atoms with E-state index in [9.17, 15) is 8.42 Å². The number of sulfonamides is 1. The lowest BCUT2D eigenvalue weighted by atomic mass is 10.1. The molecule has 1 unspecified atom stereocenters. The summed E-state index contributed by atoms with van der Waals surface area (Å²) in [7, 11) is -3.44. The van der Waals surface area contributed by atoms with Gasteiger partial charge in [0.2, 0.25) is 10.0 Å². The molecular formula is C15H18N2O2S. The molecule has 0 spiro atoms. The zero-order valence-electron chi connectivity index (χ0n) is 11.7. The van der Waals surface area contributed by atoms with Crippen LogP contribution in [0.5, 0.6) is 0 Å². The Bertz CT molecular complexity index is 756. The normalized spacial score (nSPS) is 20.6. The standard InChI is InChI=1S/C15H18N2O2S/c1-11-7-8-14(13-6-3-9-16-15(11)13)20(18,19)17-10-4-5-12(17)2/h3,6-9,12H,4-5,10H2,1-2H3. The second-order valence-electron chi connectivity index (χ2n) is 5.39. The molecule has 3 rings (SSSR count). The van der Waals surface area contributed by atoms with Gasteiger partial charge >= 0.3 is 0 Å². The van der Waals surface area contributed by atoms with Gasteiger partial charge in [-0.3, -0.25) is 4.98 Å². The van der Waals surface area contributed by atoms with Gasteiger partial charge in [-0.2, -0.15) is 4.31 Å². The maximum absolute atomic E-state index is 12.9. The molecule has 4 nitrogen and oxygen atoms in total. The predicted molar refractivity (Wildman–Crippen MR) is 79.1 cm³/mol. The minimum atomic E-state index is -3.44. The van der Waals surface area contributed by atoms with E-state index >= 15 is 0 Å². The van der Waals surface area contributed by atoms with Crippen LogP contribution in [0.15, 0.2) is 35.4 Å². The molecule has 1 atom stereocenters. The highest BCUT2D eigenvalue weighted by Gasteiger charge is 2.33. The maximum Gasteiger partial charge on any atom is 0.243 e. The molecule has 0 aliphatic carbocycles. The lowest BCUT2D eigenvalue weighted by molar-refractivity contribution is 0.409. The Morgan fingerprint density at radius 3 is 2.80 bits per heavy atom. The fourth-order valence-electron chi connectivity index (χ4n) is 2.90. The van der Waals surface area contributed by atoms with Crippen LogP contribution in [0.1, 0.15) is 25.3 Å². The van der Waals surface area contributed by atoms with Crippen LogP contribution in [0.3, 0.4) is 0 Å². The number of nitrogens with zero attached hydrogens (tertiary/aromatic N) is 2. The van der Waals surface area contributed by atoms with Crippen LogP contribution in [0, 0.1) is 6.92 Å². The number of hydrogen-bond donors (Lipinski definition) is 0. The summed E-state index contributed by atoms with van der Waals surface area (Å²) >= 11 is 0. The van der Waals surface area contributed by atoms with Crippen LogP contribution in [-0.2, 0) is 10.0 Å². The maximum atomic E-state index is 12.9. The zero-order chi connectivity index (χ0) is 14.3. The van der Waals surface area contributed by atoms with Gasteiger partial charge in [0.1, 0.15) is 0 Å². The number of hydrogen-bond acceptors (Lipinski definition) is 3. The third-order valence-corrected chi connectivity index (χ3v) is 6.08. The van der Waals surface area contributed by atoms with E-state index in [2.05, 4.69) is 4.98 Å². The van der Waals surface area contributed by atoms with Crippen LogP contribution in [0.25, 0.3) is 10.9 Å². The van der Waals surface area contributed by atoms with E-state index in [1.54, 1.807) is 22.6 Å². The second kappa shape index (κ2) is 4.82. The van der Waals surface area contributed by atoms with Crippen LogP contribution >= 0.6 is 0 Å². The van der Waals surface area contributed by atoms with Gasteiger partial charge in [-0.05, 0) is 50.5 Å². The first kappa shape index (κ1) is 13.5. The number of pyridine rings is 1. The number of aromatic nitrogens is 1. The number of benzene rings is 1. The Morgan fingerprint density at radius 2 is 2.10 bits per heavy atom. The van der Waals surface area contributed by atoms with Crippen LogP contribution in [0.4, 0.5) is 0 Å². The lowest BCUT2D eigenvalue weighted by Gasteiger charge is -2.22. The summed E-state index contributed by atoms with van der Waals surface area (Å²) in [5.74, 6) is 0. The zero-order valence-corrected chi connectivity index (χ0v) is 12.5. The summed E-state index contributed by atoms with van der Waals surface area (Å²) in [6, 6.07) is 7.24. The highest BCUT2D eigenvalue weighted by molar-refractivity contribution is 7.89. The van der Waals surface area contributed by atoms with Crippen molar-refractivity contribution in [1.82, 2.24) is 9.29 Å². The molecule has 1 aliphatic rings. The third kappa shape index (κ3) is 2.01. The van der Waals surface area contributed by atoms with Crippen LogP contribution in [-0.4, -0.2) is 30.3 Å². The summed E-state index contributed by atoms with van der Waals surface area (Å²) in [6.07, 6.45) is 3.56. The van der Waals surface area contributed by atoms with E-state index in [0.717, 1.165) is 23.9 Å². The molecule has 2 heterocycles. The van der Waals surface area contributed by atoms with E-state index in [4.69, 9.17) is 0 Å². The van der Waals surface area contributed by atoms with E-state index in [1.807, 2.05) is 26.0 Å². The van der Waals surface area contributed by atoms with E-state index in [-0.39, 0.29) is 6.04 Å². The number of rotatable bonds is 2. The Morgan fingerprint density at radius 1 is 1.30 bits per heavy atom. The minimum absolute atomic E-state index is 0.0769. The molecule has 0 radical (unpaired) electrons. The summed E-state index contributed by atoms with van der Waals surface area (Å²) in [6.45, 7) is 4.53. The molecule has 2 aromatic rings. The molecule has 0 N–H and O–H groups in total. The van der Waals surface area contributed by atoms with Gasteiger partial charge in [-0.1, -0.05) is 6.07 Å². The first-order valence-corrected chi connectivity index (χ1v) is 8.32. The van der Waals surface area contributed by atoms with Gasteiger partial charge in [0, 0.05) is 24.2 Å². The number of aryl methyl sites for hydroxylation is 1. The predicted octanol–water partition coefficient (Wildman–Crippen LogP) is 2.72. The molecule has 0 amide bonds. The fourth-order valence-corrected chi connectivity index (χ4v) is 4.79. The Labute approximate surface area is 119 Å². The topological polar surface area (TPSA) is 50.3 Å². The molecule has 1 saturated heterocycles. The monoisotopic (exact) mass is 290 g/mol. The van der Waals surface area contributed by atoms with Gasteiger partial charge in [0.15, 0.2) is 0 Å². The van der Waals surface area contributed by atoms with Crippen molar-refractivity contribution >= 4 is 20.9 Å². The molecule has 1 aliphatic heterocycles. The first-order chi connectivity index (χ1) is 9.51. The van der Waals surface area contributed by atoms with Gasteiger partial charge < -0.3 is 0 Å². The Hall–Kier alpha value is -1.46. The lowest BCUT2D eigenvalue weighted by Crippen LogP contribution is -2.33. The van der Waals surface area contributed by atoms with Crippen molar-refractivity contribution in [3.8, 4) is 0 Å². The van der Waals surface area contributed by atoms with E-state index < -0.39 is 10.0 Å². The molecule has 0 bridgehead atoms. The molecule has 106 valence electrons. The van der Waals surface area contributed by atoms with Crippen molar-refractivity contribution in [3.05, 3.63) is 36.0 Å². The highest BCUT2D eigenvalue weighted by atomic mass is 32.2. The number of fused-ring (bicyclic) bond motifs is 1. The molecule has 1 aromatic heterocycles. The van der Waals surface area contributed by atoms with Crippen molar-refractivity contribution in [2.24, 2.45) is 0 Å². The fraction of sp³-hybridized carbons (Fsp3) is 0.400. The summed E-state index contributed by atoms with van der Waals surface area (Å²) < 4.78 is 27.4. The largest absolute Gasteiger partial charge is 0.256 e. The SMILES string of the molecule is Cc1ccc(S(=O)(=O)N2CCCC2C)c2cccnc12. The molecule has 0 saturated carbocycles. The minimum Gasteiger partial charge on any atom is -0.256 e. The van der Waals surface area contributed by atoms with E-state index in [0.29, 0.717) is 16.8 Å². The van der Waals surface area contributed by atoms with Gasteiger partial charge in [0.25, 0.3) is 0 Å². The molecular weight excluding hydrogens is 272 g/mol. The van der Waals surface area contributed by atoms with E-state index in [1.165, 1.54) is 0 Å². The Kier molecular flexibility index (Phi) is 3.26. The third-order valence-electron chi connectivity index (χ3n) is 4.01. The average Bonchev–Trinajstić information content (AvgIpc) is 2.86. The van der Waals surface area contributed by atoms with Crippen molar-refractivity contribution in [1.29, 1.82) is 0 Å². The molecule has 1 fully saturated rings. The van der Waals surface area contributed by atoms with Crippen LogP contribution < -0.4 is 0 Å². The summed E-state index contributed by atoms with van der Waals surface area (Å²) in [5, 5.41) is 0.714. The summed E-state index contributed by atoms with van der Waals surface area (Å²) in [4.78, 5) is 4.69. The first-order valence-electron chi connectivity index (χ1n) is 6.88. The average molecular weight is 290 g/mol. The van der Waals surface area contributed by atoms with Crippen molar-refractivity contribution < 1.29 is 8.42 Å². The van der Waals surface area contributed by atoms with Crippen molar-refractivity contribution in [3.63, 3.8) is 0 Å². The van der Waals surface area contributed by atoms with Gasteiger partial charge in [-0.25, -0.2) is 8.42 Å². The molecule has 20 heavy (non-hydrogen) atoms. The quantitative estimate of drug-likeness (QED) is 0.854. The second-order valence-corrected chi connectivity index (χ2v) is 7.25. The Balaban J connectivity index is 2.22. The highest BCUT2D eigenvalue weighted by Crippen LogP contribution is 2.30. The van der Waals surface area contributed by atoms with Gasteiger partial charge in [0.05, 0.1) is 10.4 Å². The van der Waals surface area contributed by atoms with Gasteiger partial charge in [-0.15, -0.1) is 0 Å². The molecule has 1 aromatic carbocycles. The van der Waals surface area contributed by atoms with Crippen molar-refractivity contribution in [2.75, 3.05) is 6.54 Å².